The van der Waals surface area contributed by atoms with Crippen LogP contribution in [-0.2, 0) is 25.5 Å². The van der Waals surface area contributed by atoms with Crippen LogP contribution >= 0.6 is 32.9 Å². The molecule has 0 aliphatic carbocycles. The lowest BCUT2D eigenvalue weighted by Crippen LogP contribution is -2.48. The van der Waals surface area contributed by atoms with Crippen LogP contribution in [0.25, 0.3) is 0 Å². The average Bonchev–Trinajstić information content (AvgIpc) is 3.76. The molecular weight excluding hydrogens is 839 g/mol. The van der Waals surface area contributed by atoms with Crippen molar-refractivity contribution in [3.63, 3.8) is 0 Å². The van der Waals surface area contributed by atoms with E-state index >= 15 is 0 Å². The maximum absolute atomic E-state index is 14.4. The Labute approximate surface area is 382 Å². The summed E-state index contributed by atoms with van der Waals surface area (Å²) in [5, 5.41) is 16.5. The maximum Gasteiger partial charge on any atom is 0.270 e. The minimum atomic E-state index is -0.449. The summed E-state index contributed by atoms with van der Waals surface area (Å²) in [6.07, 6.45) is 8.77. The van der Waals surface area contributed by atoms with Crippen LogP contribution in [0.4, 0.5) is 0 Å². The number of hydrogen-bond acceptors (Lipinski definition) is 12. The Hall–Kier alpha value is -3.30. The van der Waals surface area contributed by atoms with E-state index in [1.807, 2.05) is 63.2 Å². The number of hydrogen-bond donors (Lipinski definition) is 2. The van der Waals surface area contributed by atoms with Crippen LogP contribution < -0.4 is 5.32 Å². The molecular formula is C48H71N5O6S3. The molecule has 11 nitrogen and oxygen atoms in total. The maximum atomic E-state index is 14.4. The molecule has 1 aliphatic rings. The normalized spacial score (nSPS) is 17.5. The zero-order chi connectivity index (χ0) is 45.2. The van der Waals surface area contributed by atoms with Crippen LogP contribution in [0.3, 0.4) is 0 Å². The van der Waals surface area contributed by atoms with E-state index in [1.165, 1.54) is 11.3 Å². The number of thiazole rings is 1. The number of nitrogens with zero attached hydrogens (tertiary/aromatic N) is 4. The van der Waals surface area contributed by atoms with E-state index in [1.54, 1.807) is 45.3 Å². The van der Waals surface area contributed by atoms with E-state index in [-0.39, 0.29) is 77.1 Å². The van der Waals surface area contributed by atoms with Crippen molar-refractivity contribution in [2.24, 2.45) is 23.7 Å². The van der Waals surface area contributed by atoms with E-state index in [4.69, 9.17) is 9.72 Å². The largest absolute Gasteiger partial charge is 0.508 e. The molecule has 1 unspecified atom stereocenters. The molecule has 3 aromatic rings. The SMILES string of the molecule is CCCO[C@H](C[C@H](C(C)C)N(C)C(=O)[C@@H](CC(=O)[C@H]1CCCCN1C)C(C)CC)c1nc(C(=O)N[C@@H](Cc2ccc(O)cc2)C[C@H](C)C(=O)CCCSSc2ccccn2)cs1. The fourth-order valence-corrected chi connectivity index (χ4v) is 11.0. The monoisotopic (exact) mass is 909 g/mol. The quantitative estimate of drug-likeness (QED) is 0.0558. The summed E-state index contributed by atoms with van der Waals surface area (Å²) in [5.41, 5.74) is 1.21. The van der Waals surface area contributed by atoms with Gasteiger partial charge in [0.15, 0.2) is 5.78 Å². The number of ether oxygens (including phenoxy) is 1. The van der Waals surface area contributed by atoms with Crippen LogP contribution in [0.5, 0.6) is 5.75 Å². The van der Waals surface area contributed by atoms with Crippen LogP contribution in [0.2, 0.25) is 0 Å². The van der Waals surface area contributed by atoms with Gasteiger partial charge in [0.2, 0.25) is 5.91 Å². The number of carbonyl (C=O) groups excluding carboxylic acids is 4. The molecule has 1 aromatic carbocycles. The third kappa shape index (κ3) is 16.0. The molecule has 7 atom stereocenters. The van der Waals surface area contributed by atoms with Crippen LogP contribution in [0.15, 0.2) is 59.1 Å². The Kier molecular flexibility index (Phi) is 21.9. The predicted octanol–water partition coefficient (Wildman–Crippen LogP) is 9.85. The minimum absolute atomic E-state index is 0.0100. The first-order chi connectivity index (χ1) is 29.7. The second-order valence-electron chi connectivity index (χ2n) is 17.4. The smallest absolute Gasteiger partial charge is 0.270 e. The molecule has 0 radical (unpaired) electrons. The number of aromatic nitrogens is 2. The Balaban J connectivity index is 1.45. The van der Waals surface area contributed by atoms with Gasteiger partial charge < -0.3 is 20.1 Å². The van der Waals surface area contributed by atoms with E-state index in [0.717, 1.165) is 61.4 Å². The van der Waals surface area contributed by atoms with Gasteiger partial charge in [0.05, 0.1) is 6.04 Å². The van der Waals surface area contributed by atoms with Crippen LogP contribution in [0.1, 0.15) is 133 Å². The molecule has 2 N–H and O–H groups in total. The molecule has 3 heterocycles. The van der Waals surface area contributed by atoms with Crippen molar-refractivity contribution in [3.8, 4) is 5.75 Å². The number of Topliss-reactive ketones (excluding diaryl/α,β-unsaturated/α-hetero) is 2. The van der Waals surface area contributed by atoms with E-state index in [0.29, 0.717) is 37.3 Å². The molecule has 342 valence electrons. The van der Waals surface area contributed by atoms with Gasteiger partial charge in [0.25, 0.3) is 5.91 Å². The summed E-state index contributed by atoms with van der Waals surface area (Å²) >= 11 is 1.37. The lowest BCUT2D eigenvalue weighted by molar-refractivity contribution is -0.143. The van der Waals surface area contributed by atoms with Gasteiger partial charge >= 0.3 is 0 Å². The number of aromatic hydroxyl groups is 1. The molecule has 4 rings (SSSR count). The number of likely N-dealkylation sites (N-methyl/N-ethyl adjacent to an activating group) is 1. The third-order valence-electron chi connectivity index (χ3n) is 12.2. The lowest BCUT2D eigenvalue weighted by Gasteiger charge is -2.38. The Bertz CT molecular complexity index is 1830. The topological polar surface area (TPSA) is 142 Å². The number of piperidine rings is 1. The summed E-state index contributed by atoms with van der Waals surface area (Å²) in [6, 6.07) is 12.1. The number of amides is 2. The number of phenols is 1. The summed E-state index contributed by atoms with van der Waals surface area (Å²) in [5.74, 6) is 0.421. The molecule has 62 heavy (non-hydrogen) atoms. The van der Waals surface area contributed by atoms with Crippen molar-refractivity contribution in [3.05, 3.63) is 70.3 Å². The van der Waals surface area contributed by atoms with Crippen LogP contribution in [-0.4, -0.2) is 99.4 Å². The zero-order valence-corrected chi connectivity index (χ0v) is 40.7. The Morgan fingerprint density at radius 3 is 2.47 bits per heavy atom. The number of rotatable bonds is 27. The van der Waals surface area contributed by atoms with Crippen molar-refractivity contribution in [2.45, 2.75) is 141 Å². The highest BCUT2D eigenvalue weighted by Crippen LogP contribution is 2.34. The highest BCUT2D eigenvalue weighted by molar-refractivity contribution is 8.76. The standard InChI is InChI=1S/C48H71N5O6S3/c1-9-25-59-44(30-41(32(3)4)53(8)48(58)38(33(5)10-2)29-43(56)40-16-12-14-24-52(40)7)47-51-39(31-60-47)46(57)50-36(28-35-19-21-37(54)22-20-35)27-34(6)42(55)17-15-26-61-62-45-18-11-13-23-49-45/h11,13,18-23,31-34,36,38,40-41,44,54H,9-10,12,14-17,24-30H2,1-8H3,(H,50,57)/t33?,34-,36+,38-,40+,41+,44+/m0/s1. The number of carbonyl (C=O) groups is 4. The highest BCUT2D eigenvalue weighted by atomic mass is 33.1. The Morgan fingerprint density at radius 2 is 1.81 bits per heavy atom. The summed E-state index contributed by atoms with van der Waals surface area (Å²) in [7, 11) is 7.17. The van der Waals surface area contributed by atoms with E-state index in [2.05, 4.69) is 42.9 Å². The van der Waals surface area contributed by atoms with Gasteiger partial charge in [-0.2, -0.15) is 0 Å². The first kappa shape index (κ1) is 51.3. The fraction of sp³-hybridized carbons (Fsp3) is 0.625. The number of nitrogens with one attached hydrogen (secondary N) is 1. The summed E-state index contributed by atoms with van der Waals surface area (Å²) in [4.78, 5) is 68.5. The van der Waals surface area contributed by atoms with E-state index in [9.17, 15) is 24.3 Å². The van der Waals surface area contributed by atoms with Gasteiger partial charge in [-0.3, -0.25) is 24.1 Å². The van der Waals surface area contributed by atoms with Crippen LogP contribution in [0, 0.1) is 23.7 Å². The minimum Gasteiger partial charge on any atom is -0.508 e. The fourth-order valence-electron chi connectivity index (χ4n) is 8.19. The predicted molar refractivity (Wildman–Crippen MR) is 254 cm³/mol. The number of benzene rings is 1. The van der Waals surface area contributed by atoms with Crippen molar-refractivity contribution >= 4 is 56.3 Å². The van der Waals surface area contributed by atoms with Crippen molar-refractivity contribution in [1.82, 2.24) is 25.1 Å². The molecule has 0 saturated carbocycles. The average molecular weight is 910 g/mol. The first-order valence-electron chi connectivity index (χ1n) is 22.6. The van der Waals surface area contributed by atoms with Gasteiger partial charge in [-0.05, 0) is 105 Å². The number of likely N-dealkylation sites (tertiary alicyclic amines) is 1. The second-order valence-corrected chi connectivity index (χ2v) is 20.7. The second kappa shape index (κ2) is 26.5. The molecule has 0 bridgehead atoms. The molecule has 1 fully saturated rings. The molecule has 0 spiro atoms. The summed E-state index contributed by atoms with van der Waals surface area (Å²) < 4.78 is 6.44. The van der Waals surface area contributed by atoms with Crippen molar-refractivity contribution in [2.75, 3.05) is 33.0 Å². The van der Waals surface area contributed by atoms with E-state index < -0.39 is 12.0 Å². The summed E-state index contributed by atoms with van der Waals surface area (Å²) in [6.45, 7) is 13.7. The molecule has 2 aromatic heterocycles. The molecule has 1 aliphatic heterocycles. The lowest BCUT2D eigenvalue weighted by atomic mass is 9.83. The number of ketones is 2. The zero-order valence-electron chi connectivity index (χ0n) is 38.2. The number of pyridine rings is 1. The molecule has 1 saturated heterocycles. The third-order valence-corrected chi connectivity index (χ3v) is 15.5. The van der Waals surface area contributed by atoms with Gasteiger partial charge in [0, 0.05) is 74.2 Å². The van der Waals surface area contributed by atoms with Crippen molar-refractivity contribution < 1.29 is 29.0 Å². The van der Waals surface area contributed by atoms with Crippen molar-refractivity contribution in [1.29, 1.82) is 0 Å². The van der Waals surface area contributed by atoms with Gasteiger partial charge in [-0.1, -0.05) is 83.4 Å². The van der Waals surface area contributed by atoms with Gasteiger partial charge in [0.1, 0.15) is 33.4 Å². The Morgan fingerprint density at radius 1 is 1.05 bits per heavy atom. The highest BCUT2D eigenvalue weighted by Gasteiger charge is 2.37. The number of phenolic OH excluding ortho intramolecular Hbond substituents is 1. The van der Waals surface area contributed by atoms with Gasteiger partial charge in [-0.15, -0.1) is 11.3 Å². The molecule has 2 amide bonds. The van der Waals surface area contributed by atoms with Gasteiger partial charge in [-0.25, -0.2) is 9.97 Å². The first-order valence-corrected chi connectivity index (χ1v) is 25.8. The molecule has 14 heteroatoms.